The molecule has 0 aromatic heterocycles. The zero-order chi connectivity index (χ0) is 15.0. The Morgan fingerprint density at radius 3 is 2.67 bits per heavy atom. The summed E-state index contributed by atoms with van der Waals surface area (Å²) in [4.78, 5) is 0. The highest BCUT2D eigenvalue weighted by atomic mass is 79.9. The van der Waals surface area contributed by atoms with Crippen molar-refractivity contribution >= 4 is 15.9 Å². The predicted molar refractivity (Wildman–Crippen MR) is 86.0 cm³/mol. The van der Waals surface area contributed by atoms with Gasteiger partial charge < -0.3 is 10.1 Å². The minimum atomic E-state index is -0.265. The molecule has 3 rings (SSSR count). The minimum Gasteiger partial charge on any atom is -0.496 e. The van der Waals surface area contributed by atoms with Gasteiger partial charge in [0.25, 0.3) is 0 Å². The van der Waals surface area contributed by atoms with E-state index < -0.39 is 0 Å². The highest BCUT2D eigenvalue weighted by Gasteiger charge is 2.48. The molecule has 2 saturated carbocycles. The van der Waals surface area contributed by atoms with Crippen LogP contribution in [0.1, 0.15) is 44.2 Å². The van der Waals surface area contributed by atoms with Crippen LogP contribution >= 0.6 is 15.9 Å². The standard InChI is InChI=1S/C17H23BrFNO/c1-3-4-20-17(12-6-10-5-11(10)7-12)13-8-14(18)15(19)9-16(13)21-2/h8-12,17,20H,3-7H2,1-2H3. The van der Waals surface area contributed by atoms with Crippen LogP contribution in [0.4, 0.5) is 4.39 Å². The maximum atomic E-state index is 13.8. The molecule has 4 heteroatoms. The van der Waals surface area contributed by atoms with E-state index in [1.54, 1.807) is 7.11 Å². The second kappa shape index (κ2) is 6.25. The van der Waals surface area contributed by atoms with Crippen molar-refractivity contribution in [2.75, 3.05) is 13.7 Å². The van der Waals surface area contributed by atoms with Gasteiger partial charge in [-0.15, -0.1) is 0 Å². The molecule has 2 fully saturated rings. The Labute approximate surface area is 134 Å². The lowest BCUT2D eigenvalue weighted by Gasteiger charge is -2.28. The molecule has 0 aliphatic heterocycles. The molecule has 0 spiro atoms. The Hall–Kier alpha value is -0.610. The SMILES string of the molecule is CCCNC(c1cc(Br)c(F)cc1OC)C1CC2CC2C1. The van der Waals surface area contributed by atoms with Gasteiger partial charge in [-0.05, 0) is 72.0 Å². The molecule has 0 bridgehead atoms. The van der Waals surface area contributed by atoms with E-state index in [1.807, 2.05) is 6.07 Å². The molecule has 21 heavy (non-hydrogen) atoms. The zero-order valence-corrected chi connectivity index (χ0v) is 14.2. The van der Waals surface area contributed by atoms with Gasteiger partial charge in [0, 0.05) is 17.7 Å². The van der Waals surface area contributed by atoms with Crippen LogP contribution in [0.2, 0.25) is 0 Å². The predicted octanol–water partition coefficient (Wildman–Crippen LogP) is 4.68. The lowest BCUT2D eigenvalue weighted by atomic mass is 9.88. The van der Waals surface area contributed by atoms with Crippen molar-refractivity contribution in [2.45, 2.75) is 38.6 Å². The Morgan fingerprint density at radius 2 is 2.05 bits per heavy atom. The Kier molecular flexibility index (Phi) is 4.55. The molecule has 1 aromatic rings. The van der Waals surface area contributed by atoms with Crippen LogP contribution in [0, 0.1) is 23.6 Å². The van der Waals surface area contributed by atoms with Crippen molar-refractivity contribution in [3.05, 3.63) is 28.0 Å². The van der Waals surface area contributed by atoms with Gasteiger partial charge in [0.05, 0.1) is 11.6 Å². The van der Waals surface area contributed by atoms with Crippen LogP contribution in [0.3, 0.4) is 0 Å². The highest BCUT2D eigenvalue weighted by Crippen LogP contribution is 2.57. The molecule has 0 heterocycles. The molecule has 3 unspecified atom stereocenters. The Bertz CT molecular complexity index is 512. The molecule has 1 N–H and O–H groups in total. The topological polar surface area (TPSA) is 21.3 Å². The number of benzene rings is 1. The second-order valence-electron chi connectivity index (χ2n) is 6.43. The molecule has 1 aromatic carbocycles. The van der Waals surface area contributed by atoms with Crippen LogP contribution < -0.4 is 10.1 Å². The summed E-state index contributed by atoms with van der Waals surface area (Å²) in [5, 5.41) is 3.67. The summed E-state index contributed by atoms with van der Waals surface area (Å²) >= 11 is 3.32. The van der Waals surface area contributed by atoms with Crippen molar-refractivity contribution in [1.29, 1.82) is 0 Å². The number of hydrogen-bond donors (Lipinski definition) is 1. The fraction of sp³-hybridized carbons (Fsp3) is 0.647. The summed E-state index contributed by atoms with van der Waals surface area (Å²) in [6.07, 6.45) is 5.11. The monoisotopic (exact) mass is 355 g/mol. The van der Waals surface area contributed by atoms with E-state index in [2.05, 4.69) is 28.2 Å². The molecule has 2 aliphatic carbocycles. The van der Waals surface area contributed by atoms with Crippen LogP contribution in [0.15, 0.2) is 16.6 Å². The second-order valence-corrected chi connectivity index (χ2v) is 7.28. The normalized spacial score (nSPS) is 28.3. The van der Waals surface area contributed by atoms with Gasteiger partial charge >= 0.3 is 0 Å². The maximum absolute atomic E-state index is 13.8. The number of fused-ring (bicyclic) bond motifs is 1. The summed E-state index contributed by atoms with van der Waals surface area (Å²) in [6, 6.07) is 3.66. The first-order valence-corrected chi connectivity index (χ1v) is 8.69. The van der Waals surface area contributed by atoms with E-state index in [1.165, 1.54) is 25.3 Å². The van der Waals surface area contributed by atoms with Gasteiger partial charge in [0.1, 0.15) is 11.6 Å². The molecule has 0 amide bonds. The van der Waals surface area contributed by atoms with E-state index in [4.69, 9.17) is 4.74 Å². The third-order valence-corrected chi connectivity index (χ3v) is 5.58. The molecular weight excluding hydrogens is 333 g/mol. The smallest absolute Gasteiger partial charge is 0.141 e. The van der Waals surface area contributed by atoms with Gasteiger partial charge in [-0.25, -0.2) is 4.39 Å². The summed E-state index contributed by atoms with van der Waals surface area (Å²) in [5.41, 5.74) is 1.09. The van der Waals surface area contributed by atoms with Crippen LogP contribution in [-0.4, -0.2) is 13.7 Å². The van der Waals surface area contributed by atoms with E-state index in [-0.39, 0.29) is 11.9 Å². The summed E-state index contributed by atoms with van der Waals surface area (Å²) in [5.74, 6) is 2.92. The first-order valence-electron chi connectivity index (χ1n) is 7.90. The number of halogens is 2. The summed E-state index contributed by atoms with van der Waals surface area (Å²) in [7, 11) is 1.62. The fourth-order valence-corrected chi connectivity index (χ4v) is 4.19. The van der Waals surface area contributed by atoms with Crippen molar-refractivity contribution < 1.29 is 9.13 Å². The molecule has 0 saturated heterocycles. The summed E-state index contributed by atoms with van der Waals surface area (Å²) in [6.45, 7) is 3.16. The molecule has 2 nitrogen and oxygen atoms in total. The highest BCUT2D eigenvalue weighted by molar-refractivity contribution is 9.10. The van der Waals surface area contributed by atoms with Gasteiger partial charge in [-0.3, -0.25) is 0 Å². The lowest BCUT2D eigenvalue weighted by molar-refractivity contribution is 0.325. The third kappa shape index (κ3) is 3.11. The first-order chi connectivity index (χ1) is 10.1. The van der Waals surface area contributed by atoms with E-state index in [0.29, 0.717) is 16.1 Å². The number of methoxy groups -OCH3 is 1. The number of ether oxygens (including phenoxy) is 1. The van der Waals surface area contributed by atoms with Crippen molar-refractivity contribution in [3.63, 3.8) is 0 Å². The van der Waals surface area contributed by atoms with Crippen molar-refractivity contribution in [1.82, 2.24) is 5.32 Å². The van der Waals surface area contributed by atoms with Gasteiger partial charge in [-0.1, -0.05) is 6.92 Å². The lowest BCUT2D eigenvalue weighted by Crippen LogP contribution is -2.29. The number of rotatable bonds is 6. The maximum Gasteiger partial charge on any atom is 0.141 e. The largest absolute Gasteiger partial charge is 0.496 e. The van der Waals surface area contributed by atoms with E-state index in [0.717, 1.165) is 30.4 Å². The fourth-order valence-electron chi connectivity index (χ4n) is 3.83. The Morgan fingerprint density at radius 1 is 1.33 bits per heavy atom. The molecule has 3 atom stereocenters. The molecule has 0 radical (unpaired) electrons. The Balaban J connectivity index is 1.89. The van der Waals surface area contributed by atoms with E-state index in [9.17, 15) is 4.39 Å². The van der Waals surface area contributed by atoms with Crippen LogP contribution in [-0.2, 0) is 0 Å². The van der Waals surface area contributed by atoms with Gasteiger partial charge in [0.15, 0.2) is 0 Å². The average molecular weight is 356 g/mol. The van der Waals surface area contributed by atoms with Gasteiger partial charge in [0.2, 0.25) is 0 Å². The first kappa shape index (κ1) is 15.3. The average Bonchev–Trinajstić information content (AvgIpc) is 3.09. The van der Waals surface area contributed by atoms with Crippen LogP contribution in [0.25, 0.3) is 0 Å². The molecular formula is C17H23BrFNO. The number of nitrogens with one attached hydrogen (secondary N) is 1. The minimum absolute atomic E-state index is 0.265. The van der Waals surface area contributed by atoms with E-state index >= 15 is 0 Å². The van der Waals surface area contributed by atoms with Crippen molar-refractivity contribution in [3.8, 4) is 5.75 Å². The molecule has 116 valence electrons. The van der Waals surface area contributed by atoms with Gasteiger partial charge in [-0.2, -0.15) is 0 Å². The zero-order valence-electron chi connectivity index (χ0n) is 12.7. The molecule has 2 aliphatic rings. The van der Waals surface area contributed by atoms with Crippen molar-refractivity contribution in [2.24, 2.45) is 17.8 Å². The number of hydrogen-bond acceptors (Lipinski definition) is 2. The third-order valence-electron chi connectivity index (χ3n) is 4.97. The van der Waals surface area contributed by atoms with Crippen LogP contribution in [0.5, 0.6) is 5.75 Å². The summed E-state index contributed by atoms with van der Waals surface area (Å²) < 4.78 is 19.7. The quantitative estimate of drug-likeness (QED) is 0.799.